The predicted molar refractivity (Wildman–Crippen MR) is 119 cm³/mol. The normalized spacial score (nSPS) is 12.3. The van der Waals surface area contributed by atoms with Gasteiger partial charge in [-0.25, -0.2) is 4.79 Å². The third-order valence-corrected chi connectivity index (χ3v) is 4.83. The van der Waals surface area contributed by atoms with Crippen molar-refractivity contribution in [3.05, 3.63) is 88.5 Å². The molecule has 0 bridgehead atoms. The molecule has 0 heterocycles. The smallest absolute Gasteiger partial charge is 0.343 e. The fourth-order valence-corrected chi connectivity index (χ4v) is 3.06. The number of rotatable bonds is 6. The lowest BCUT2D eigenvalue weighted by Crippen LogP contribution is -2.16. The molecule has 0 unspecified atom stereocenters. The van der Waals surface area contributed by atoms with Crippen LogP contribution in [-0.4, -0.2) is 11.8 Å². The number of carbonyl (C=O) groups excluding carboxylic acids is 2. The molecular formula is C26H30O3. The Bertz CT molecular complexity index is 942. The molecule has 0 N–H and O–H groups in total. The second kappa shape index (κ2) is 9.51. The van der Waals surface area contributed by atoms with E-state index in [4.69, 9.17) is 4.74 Å². The molecule has 152 valence electrons. The summed E-state index contributed by atoms with van der Waals surface area (Å²) in [4.78, 5) is 25.5. The number of hydrogen-bond acceptors (Lipinski definition) is 3. The molecule has 0 saturated heterocycles. The number of allylic oxidation sites excluding steroid dienone is 4. The fraction of sp³-hybridized carbons (Fsp3) is 0.308. The highest BCUT2D eigenvalue weighted by atomic mass is 16.5. The van der Waals surface area contributed by atoms with Crippen molar-refractivity contribution in [3.63, 3.8) is 0 Å². The molecule has 0 fully saturated rings. The van der Waals surface area contributed by atoms with E-state index in [-0.39, 0.29) is 17.6 Å². The Morgan fingerprint density at radius 2 is 1.69 bits per heavy atom. The third-order valence-electron chi connectivity index (χ3n) is 4.83. The summed E-state index contributed by atoms with van der Waals surface area (Å²) in [5, 5.41) is 0. The molecule has 2 rings (SSSR count). The zero-order valence-electron chi connectivity index (χ0n) is 18.2. The molecule has 3 nitrogen and oxygen atoms in total. The largest absolute Gasteiger partial charge is 0.423 e. The molecule has 0 aliphatic carbocycles. The molecule has 2 aromatic carbocycles. The molecule has 29 heavy (non-hydrogen) atoms. The van der Waals surface area contributed by atoms with Crippen LogP contribution in [0.15, 0.2) is 66.3 Å². The standard InChI is InChI=1S/C26H30O3/c1-7-12-19(8-2)23(27)17-22-18(3)15-21(26(4,5)6)16-24(22)29-25(28)20-13-10-9-11-14-20/h7-16H,17H2,1-6H3/b12-7-,19-8+. The quantitative estimate of drug-likeness (QED) is 0.257. The number of aryl methyl sites for hydroxylation is 1. The molecule has 0 aliphatic heterocycles. The number of benzene rings is 2. The van der Waals surface area contributed by atoms with Gasteiger partial charge in [0.2, 0.25) is 0 Å². The summed E-state index contributed by atoms with van der Waals surface area (Å²) in [7, 11) is 0. The lowest BCUT2D eigenvalue weighted by molar-refractivity contribution is -0.114. The minimum absolute atomic E-state index is 0.00535. The van der Waals surface area contributed by atoms with Gasteiger partial charge in [-0.15, -0.1) is 0 Å². The zero-order chi connectivity index (χ0) is 21.6. The van der Waals surface area contributed by atoms with Crippen LogP contribution in [0.5, 0.6) is 5.75 Å². The van der Waals surface area contributed by atoms with E-state index in [1.807, 2.05) is 39.0 Å². The molecular weight excluding hydrogens is 360 g/mol. The maximum Gasteiger partial charge on any atom is 0.343 e. The lowest BCUT2D eigenvalue weighted by atomic mass is 9.84. The van der Waals surface area contributed by atoms with E-state index in [9.17, 15) is 9.59 Å². The maximum atomic E-state index is 12.8. The van der Waals surface area contributed by atoms with E-state index >= 15 is 0 Å². The van der Waals surface area contributed by atoms with E-state index in [1.54, 1.807) is 36.4 Å². The number of hydrogen-bond donors (Lipinski definition) is 0. The number of ketones is 1. The fourth-order valence-electron chi connectivity index (χ4n) is 3.06. The molecule has 0 saturated carbocycles. The van der Waals surface area contributed by atoms with Crippen LogP contribution in [0, 0.1) is 6.92 Å². The number of esters is 1. The van der Waals surface area contributed by atoms with Gasteiger partial charge in [-0.1, -0.05) is 63.3 Å². The van der Waals surface area contributed by atoms with Crippen LogP contribution in [0.4, 0.5) is 0 Å². The average molecular weight is 391 g/mol. The molecule has 0 aliphatic rings. The van der Waals surface area contributed by atoms with E-state index in [1.165, 1.54) is 0 Å². The Hall–Kier alpha value is -2.94. The summed E-state index contributed by atoms with van der Waals surface area (Å²) in [6.07, 6.45) is 5.63. The van der Waals surface area contributed by atoms with Crippen LogP contribution in [-0.2, 0) is 16.6 Å². The third kappa shape index (κ3) is 5.77. The summed E-state index contributed by atoms with van der Waals surface area (Å²) in [5.74, 6) is 0.0201. The number of ether oxygens (including phenoxy) is 1. The van der Waals surface area contributed by atoms with Crippen molar-refractivity contribution in [2.75, 3.05) is 0 Å². The first-order chi connectivity index (χ1) is 13.7. The second-order valence-corrected chi connectivity index (χ2v) is 8.12. The van der Waals surface area contributed by atoms with Crippen molar-refractivity contribution < 1.29 is 14.3 Å². The molecule has 2 aromatic rings. The Morgan fingerprint density at radius 3 is 2.24 bits per heavy atom. The summed E-state index contributed by atoms with van der Waals surface area (Å²) < 4.78 is 5.79. The predicted octanol–water partition coefficient (Wildman–Crippen LogP) is 6.15. The minimum atomic E-state index is -0.426. The van der Waals surface area contributed by atoms with Gasteiger partial charge in [-0.3, -0.25) is 4.79 Å². The molecule has 3 heteroatoms. The van der Waals surface area contributed by atoms with Crippen LogP contribution in [0.2, 0.25) is 0 Å². The lowest BCUT2D eigenvalue weighted by Gasteiger charge is -2.23. The molecule has 0 atom stereocenters. The van der Waals surface area contributed by atoms with Crippen LogP contribution >= 0.6 is 0 Å². The van der Waals surface area contributed by atoms with Crippen LogP contribution in [0.3, 0.4) is 0 Å². The van der Waals surface area contributed by atoms with Crippen molar-refractivity contribution in [1.82, 2.24) is 0 Å². The van der Waals surface area contributed by atoms with Crippen molar-refractivity contribution in [1.29, 1.82) is 0 Å². The van der Waals surface area contributed by atoms with E-state index < -0.39 is 5.97 Å². The minimum Gasteiger partial charge on any atom is -0.423 e. The highest BCUT2D eigenvalue weighted by Crippen LogP contribution is 2.32. The Morgan fingerprint density at radius 1 is 1.03 bits per heavy atom. The van der Waals surface area contributed by atoms with Gasteiger partial charge in [-0.2, -0.15) is 0 Å². The van der Waals surface area contributed by atoms with Crippen molar-refractivity contribution in [2.45, 2.75) is 53.4 Å². The first kappa shape index (κ1) is 22.4. The first-order valence-electron chi connectivity index (χ1n) is 9.90. The van der Waals surface area contributed by atoms with Gasteiger partial charge in [-0.05, 0) is 55.5 Å². The van der Waals surface area contributed by atoms with Gasteiger partial charge in [0.15, 0.2) is 5.78 Å². The molecule has 0 aromatic heterocycles. The Kier molecular flexibility index (Phi) is 7.33. The summed E-state index contributed by atoms with van der Waals surface area (Å²) in [6, 6.07) is 12.9. The summed E-state index contributed by atoms with van der Waals surface area (Å²) in [6.45, 7) is 12.0. The second-order valence-electron chi connectivity index (χ2n) is 8.12. The zero-order valence-corrected chi connectivity index (χ0v) is 18.2. The highest BCUT2D eigenvalue weighted by Gasteiger charge is 2.22. The van der Waals surface area contributed by atoms with Gasteiger partial charge in [0, 0.05) is 17.6 Å². The maximum absolute atomic E-state index is 12.8. The molecule has 0 radical (unpaired) electrons. The number of carbonyl (C=O) groups is 2. The van der Waals surface area contributed by atoms with Crippen molar-refractivity contribution in [3.8, 4) is 5.75 Å². The topological polar surface area (TPSA) is 43.4 Å². The highest BCUT2D eigenvalue weighted by molar-refractivity contribution is 6.00. The van der Waals surface area contributed by atoms with Gasteiger partial charge >= 0.3 is 5.97 Å². The van der Waals surface area contributed by atoms with Gasteiger partial charge in [0.1, 0.15) is 5.75 Å². The van der Waals surface area contributed by atoms with Crippen LogP contribution < -0.4 is 4.74 Å². The van der Waals surface area contributed by atoms with Crippen molar-refractivity contribution in [2.24, 2.45) is 0 Å². The SMILES string of the molecule is C/C=C\C(=C/C)C(=O)Cc1c(C)cc(C(C)(C)C)cc1OC(=O)c1ccccc1. The van der Waals surface area contributed by atoms with Crippen LogP contribution in [0.25, 0.3) is 0 Å². The molecule has 0 spiro atoms. The van der Waals surface area contributed by atoms with E-state index in [0.717, 1.165) is 16.7 Å². The Balaban J connectivity index is 2.49. The van der Waals surface area contributed by atoms with Gasteiger partial charge < -0.3 is 4.74 Å². The summed E-state index contributed by atoms with van der Waals surface area (Å²) >= 11 is 0. The summed E-state index contributed by atoms with van der Waals surface area (Å²) in [5.41, 5.74) is 3.76. The average Bonchev–Trinajstić information content (AvgIpc) is 2.68. The van der Waals surface area contributed by atoms with Gasteiger partial charge in [0.05, 0.1) is 5.56 Å². The number of Topliss-reactive ketones (excluding diaryl/α,β-unsaturated/α-hetero) is 1. The molecule has 0 amide bonds. The van der Waals surface area contributed by atoms with Crippen molar-refractivity contribution >= 4 is 11.8 Å². The monoisotopic (exact) mass is 390 g/mol. The Labute approximate surface area is 174 Å². The van der Waals surface area contributed by atoms with E-state index in [2.05, 4.69) is 26.8 Å². The van der Waals surface area contributed by atoms with Crippen LogP contribution in [0.1, 0.15) is 61.7 Å². The van der Waals surface area contributed by atoms with Gasteiger partial charge in [0.25, 0.3) is 0 Å². The van der Waals surface area contributed by atoms with E-state index in [0.29, 0.717) is 16.9 Å². The first-order valence-corrected chi connectivity index (χ1v) is 9.90.